The minimum atomic E-state index is 0.586. The van der Waals surface area contributed by atoms with Gasteiger partial charge in [0.05, 0.1) is 0 Å². The van der Waals surface area contributed by atoms with E-state index in [1.54, 1.807) is 0 Å². The lowest BCUT2D eigenvalue weighted by atomic mass is 10.1. The smallest absolute Gasteiger partial charge is 0.135 e. The van der Waals surface area contributed by atoms with Crippen LogP contribution in [0.4, 0.5) is 0 Å². The van der Waals surface area contributed by atoms with Crippen LogP contribution in [0.15, 0.2) is 0 Å². The van der Waals surface area contributed by atoms with Crippen LogP contribution in [0.3, 0.4) is 0 Å². The van der Waals surface area contributed by atoms with Gasteiger partial charge >= 0.3 is 0 Å². The lowest BCUT2D eigenvalue weighted by molar-refractivity contribution is 0.628. The average Bonchev–Trinajstić information content (AvgIpc) is 1.98. The Morgan fingerprint density at radius 1 is 1.23 bits per heavy atom. The van der Waals surface area contributed by atoms with Gasteiger partial charge in [0.1, 0.15) is 11.0 Å². The quantitative estimate of drug-likeness (QED) is 0.683. The average molecular weight is 199 g/mol. The molecule has 0 N–H and O–H groups in total. The number of rotatable bonds is 2. The van der Waals surface area contributed by atoms with Gasteiger partial charge in [-0.1, -0.05) is 25.4 Å². The summed E-state index contributed by atoms with van der Waals surface area (Å²) < 4.78 is 0. The highest BCUT2D eigenvalue weighted by atomic mass is 35.5. The van der Waals surface area contributed by atoms with Gasteiger partial charge in [-0.05, 0) is 26.2 Å². The predicted molar refractivity (Wildman–Crippen MR) is 55.1 cm³/mol. The van der Waals surface area contributed by atoms with E-state index in [4.69, 9.17) is 11.6 Å². The summed E-state index contributed by atoms with van der Waals surface area (Å²) >= 11 is 5.95. The monoisotopic (exact) mass is 198 g/mol. The SMILES string of the molecule is Cc1nc(Cl)c(C)c(CC(C)C)n1. The minimum absolute atomic E-state index is 0.586. The fraction of sp³-hybridized carbons (Fsp3) is 0.600. The van der Waals surface area contributed by atoms with E-state index < -0.39 is 0 Å². The Balaban J connectivity index is 3.05. The van der Waals surface area contributed by atoms with E-state index >= 15 is 0 Å². The largest absolute Gasteiger partial charge is 0.238 e. The van der Waals surface area contributed by atoms with Gasteiger partial charge < -0.3 is 0 Å². The van der Waals surface area contributed by atoms with Crippen LogP contribution in [-0.2, 0) is 6.42 Å². The summed E-state index contributed by atoms with van der Waals surface area (Å²) in [5.74, 6) is 1.36. The van der Waals surface area contributed by atoms with E-state index in [1.165, 1.54) is 0 Å². The van der Waals surface area contributed by atoms with Crippen molar-refractivity contribution in [1.29, 1.82) is 0 Å². The Kier molecular flexibility index (Phi) is 3.26. The number of aryl methyl sites for hydroxylation is 1. The van der Waals surface area contributed by atoms with Crippen molar-refractivity contribution in [2.24, 2.45) is 5.92 Å². The molecule has 0 bridgehead atoms. The topological polar surface area (TPSA) is 25.8 Å². The minimum Gasteiger partial charge on any atom is -0.238 e. The molecule has 0 fully saturated rings. The van der Waals surface area contributed by atoms with Crippen LogP contribution in [0.2, 0.25) is 5.15 Å². The molecule has 0 amide bonds. The van der Waals surface area contributed by atoms with Gasteiger partial charge in [0.25, 0.3) is 0 Å². The van der Waals surface area contributed by atoms with Gasteiger partial charge in [-0.2, -0.15) is 0 Å². The van der Waals surface area contributed by atoms with Crippen molar-refractivity contribution in [3.8, 4) is 0 Å². The van der Waals surface area contributed by atoms with Crippen molar-refractivity contribution >= 4 is 11.6 Å². The second-order valence-electron chi connectivity index (χ2n) is 3.73. The fourth-order valence-electron chi connectivity index (χ4n) is 1.23. The number of hydrogen-bond acceptors (Lipinski definition) is 2. The predicted octanol–water partition coefficient (Wildman–Crippen LogP) is 2.95. The summed E-state index contributed by atoms with van der Waals surface area (Å²) in [6, 6.07) is 0. The molecule has 0 saturated heterocycles. The first-order valence-corrected chi connectivity index (χ1v) is 4.88. The zero-order chi connectivity index (χ0) is 10.0. The molecular weight excluding hydrogens is 184 g/mol. The second kappa shape index (κ2) is 4.05. The lowest BCUT2D eigenvalue weighted by Gasteiger charge is -2.09. The van der Waals surface area contributed by atoms with Crippen LogP contribution >= 0.6 is 11.6 Å². The fourth-order valence-corrected chi connectivity index (χ4v) is 1.47. The number of halogens is 1. The summed E-state index contributed by atoms with van der Waals surface area (Å²) in [6.07, 6.45) is 0.967. The van der Waals surface area contributed by atoms with Crippen molar-refractivity contribution in [2.75, 3.05) is 0 Å². The van der Waals surface area contributed by atoms with Crippen molar-refractivity contribution in [2.45, 2.75) is 34.1 Å². The molecule has 0 spiro atoms. The van der Waals surface area contributed by atoms with Gasteiger partial charge in [0.15, 0.2) is 0 Å². The Hall–Kier alpha value is -0.630. The van der Waals surface area contributed by atoms with Crippen molar-refractivity contribution in [1.82, 2.24) is 9.97 Å². The van der Waals surface area contributed by atoms with E-state index in [9.17, 15) is 0 Å². The van der Waals surface area contributed by atoms with Crippen LogP contribution < -0.4 is 0 Å². The molecule has 0 atom stereocenters. The molecule has 1 heterocycles. The van der Waals surface area contributed by atoms with Gasteiger partial charge in [-0.15, -0.1) is 0 Å². The molecule has 0 radical (unpaired) electrons. The Morgan fingerprint density at radius 2 is 1.85 bits per heavy atom. The van der Waals surface area contributed by atoms with Crippen LogP contribution in [-0.4, -0.2) is 9.97 Å². The third kappa shape index (κ3) is 2.66. The van der Waals surface area contributed by atoms with Crippen LogP contribution in [0.25, 0.3) is 0 Å². The normalized spacial score (nSPS) is 10.9. The van der Waals surface area contributed by atoms with Crippen LogP contribution in [0.5, 0.6) is 0 Å². The Labute approximate surface area is 84.4 Å². The molecule has 72 valence electrons. The third-order valence-electron chi connectivity index (χ3n) is 1.90. The summed E-state index contributed by atoms with van der Waals surface area (Å²) in [6.45, 7) is 8.18. The summed E-state index contributed by atoms with van der Waals surface area (Å²) in [4.78, 5) is 8.47. The van der Waals surface area contributed by atoms with Gasteiger partial charge in [-0.25, -0.2) is 9.97 Å². The number of nitrogens with zero attached hydrogens (tertiary/aromatic N) is 2. The molecule has 0 aromatic carbocycles. The van der Waals surface area contributed by atoms with Gasteiger partial charge in [0, 0.05) is 11.3 Å². The molecule has 1 rings (SSSR count). The highest BCUT2D eigenvalue weighted by Crippen LogP contribution is 2.17. The molecule has 1 aromatic heterocycles. The first-order valence-electron chi connectivity index (χ1n) is 4.50. The summed E-state index contributed by atoms with van der Waals surface area (Å²) in [5, 5.41) is 0.586. The van der Waals surface area contributed by atoms with E-state index in [0.29, 0.717) is 11.1 Å². The van der Waals surface area contributed by atoms with Crippen LogP contribution in [0.1, 0.15) is 30.9 Å². The molecule has 13 heavy (non-hydrogen) atoms. The highest BCUT2D eigenvalue weighted by molar-refractivity contribution is 6.30. The second-order valence-corrected chi connectivity index (χ2v) is 4.09. The summed E-state index contributed by atoms with van der Waals surface area (Å²) in [5.41, 5.74) is 2.09. The van der Waals surface area contributed by atoms with E-state index in [1.807, 2.05) is 13.8 Å². The van der Waals surface area contributed by atoms with Crippen molar-refractivity contribution < 1.29 is 0 Å². The number of aromatic nitrogens is 2. The molecule has 2 nitrogen and oxygen atoms in total. The maximum absolute atomic E-state index is 5.95. The van der Waals surface area contributed by atoms with Gasteiger partial charge in [0.2, 0.25) is 0 Å². The van der Waals surface area contributed by atoms with E-state index in [-0.39, 0.29) is 0 Å². The number of hydrogen-bond donors (Lipinski definition) is 0. The zero-order valence-electron chi connectivity index (χ0n) is 8.56. The first kappa shape index (κ1) is 10.5. The van der Waals surface area contributed by atoms with Gasteiger partial charge in [-0.3, -0.25) is 0 Å². The van der Waals surface area contributed by atoms with Crippen LogP contribution in [0, 0.1) is 19.8 Å². The molecule has 0 aliphatic rings. The standard InChI is InChI=1S/C10H15ClN2/c1-6(2)5-9-7(3)10(11)13-8(4)12-9/h6H,5H2,1-4H3. The van der Waals surface area contributed by atoms with Crippen molar-refractivity contribution in [3.63, 3.8) is 0 Å². The molecule has 0 unspecified atom stereocenters. The molecule has 0 saturated carbocycles. The maximum Gasteiger partial charge on any atom is 0.135 e. The molecule has 0 aliphatic heterocycles. The van der Waals surface area contributed by atoms with E-state index in [0.717, 1.165) is 23.5 Å². The van der Waals surface area contributed by atoms with Crippen molar-refractivity contribution in [3.05, 3.63) is 22.2 Å². The zero-order valence-corrected chi connectivity index (χ0v) is 9.31. The Morgan fingerprint density at radius 3 is 2.38 bits per heavy atom. The highest BCUT2D eigenvalue weighted by Gasteiger charge is 2.08. The first-order chi connectivity index (χ1) is 6.00. The maximum atomic E-state index is 5.95. The molecular formula is C10H15ClN2. The van der Waals surface area contributed by atoms with E-state index in [2.05, 4.69) is 23.8 Å². The lowest BCUT2D eigenvalue weighted by Crippen LogP contribution is -2.04. The molecule has 1 aromatic rings. The molecule has 0 aliphatic carbocycles. The Bertz CT molecular complexity index is 308. The third-order valence-corrected chi connectivity index (χ3v) is 2.27. The summed E-state index contributed by atoms with van der Waals surface area (Å²) in [7, 11) is 0. The molecule has 3 heteroatoms.